The van der Waals surface area contributed by atoms with Crippen LogP contribution in [-0.4, -0.2) is 24.8 Å². The number of carbonyl (C=O) groups excluding carboxylic acids is 1. The fourth-order valence-electron chi connectivity index (χ4n) is 1.19. The molecule has 1 nitrogen and oxygen atoms in total. The molecule has 0 bridgehead atoms. The summed E-state index contributed by atoms with van der Waals surface area (Å²) in [6, 6.07) is 10.2. The van der Waals surface area contributed by atoms with Gasteiger partial charge in [-0.25, -0.2) is 0 Å². The van der Waals surface area contributed by atoms with E-state index in [-0.39, 0.29) is 0 Å². The molecule has 1 rings (SSSR count). The Morgan fingerprint density at radius 1 is 1.21 bits per heavy atom. The van der Waals surface area contributed by atoms with Gasteiger partial charge in [-0.3, -0.25) is 0 Å². The van der Waals surface area contributed by atoms with Crippen molar-refractivity contribution in [3.8, 4) is 0 Å². The molecule has 0 aliphatic carbocycles. The number of carbonyl (C=O) groups is 1. The molecule has 0 atom stereocenters. The molecule has 0 heterocycles. The summed E-state index contributed by atoms with van der Waals surface area (Å²) in [6.45, 7) is 2.17. The van der Waals surface area contributed by atoms with Crippen molar-refractivity contribution in [1.29, 1.82) is 0 Å². The second-order valence-corrected chi connectivity index (χ2v) is 6.47. The van der Waals surface area contributed by atoms with E-state index < -0.39 is 20.9 Å². The minimum absolute atomic E-state index is 0.495. The molecule has 14 heavy (non-hydrogen) atoms. The van der Waals surface area contributed by atoms with Gasteiger partial charge in [0.15, 0.2) is 0 Å². The third-order valence-corrected chi connectivity index (χ3v) is 4.64. The molecule has 1 aromatic carbocycles. The van der Waals surface area contributed by atoms with Crippen LogP contribution in [0, 0.1) is 0 Å². The second-order valence-electron chi connectivity index (χ2n) is 3.24. The van der Waals surface area contributed by atoms with Crippen molar-refractivity contribution in [3.63, 3.8) is 0 Å². The first-order chi connectivity index (χ1) is 6.83. The van der Waals surface area contributed by atoms with E-state index in [0.29, 0.717) is 3.83 Å². The van der Waals surface area contributed by atoms with Gasteiger partial charge < -0.3 is 0 Å². The third-order valence-electron chi connectivity index (χ3n) is 1.96. The summed E-state index contributed by atoms with van der Waals surface area (Å²) >= 11 is -0.574. The van der Waals surface area contributed by atoms with Gasteiger partial charge in [-0.05, 0) is 0 Å². The number of rotatable bonds is 6. The van der Waals surface area contributed by atoms with Crippen LogP contribution in [0.2, 0.25) is 0 Å². The molecule has 0 unspecified atom stereocenters. The van der Waals surface area contributed by atoms with E-state index in [1.165, 1.54) is 16.5 Å². The first-order valence-electron chi connectivity index (χ1n) is 5.08. The van der Waals surface area contributed by atoms with Crippen molar-refractivity contribution in [2.24, 2.45) is 0 Å². The molecular formula is C12H16OTe. The van der Waals surface area contributed by atoms with Crippen LogP contribution in [0.3, 0.4) is 0 Å². The van der Waals surface area contributed by atoms with Gasteiger partial charge in [-0.2, -0.15) is 0 Å². The molecule has 0 aromatic heterocycles. The normalized spacial score (nSPS) is 10.1. The molecule has 0 saturated heterocycles. The zero-order valence-corrected chi connectivity index (χ0v) is 10.9. The quantitative estimate of drug-likeness (QED) is 0.581. The van der Waals surface area contributed by atoms with Gasteiger partial charge in [0.2, 0.25) is 0 Å². The number of hydrogen-bond acceptors (Lipinski definition) is 1. The Kier molecular flexibility index (Phi) is 5.91. The average Bonchev–Trinajstić information content (AvgIpc) is 2.20. The van der Waals surface area contributed by atoms with Crippen molar-refractivity contribution < 1.29 is 4.79 Å². The molecule has 0 radical (unpaired) electrons. The molecule has 76 valence electrons. The summed E-state index contributed by atoms with van der Waals surface area (Å²) in [4.78, 5) is 11.5. The topological polar surface area (TPSA) is 17.1 Å². The minimum atomic E-state index is -0.574. The third kappa shape index (κ3) is 4.79. The van der Waals surface area contributed by atoms with Crippen molar-refractivity contribution in [3.05, 3.63) is 30.3 Å². The molecule has 1 aromatic rings. The number of unbranched alkanes of at least 4 members (excludes halogenated alkanes) is 2. The van der Waals surface area contributed by atoms with E-state index in [1.54, 1.807) is 0 Å². The molecule has 0 spiro atoms. The molecule has 0 fully saturated rings. The fourth-order valence-corrected chi connectivity index (χ4v) is 3.48. The zero-order valence-electron chi connectivity index (χ0n) is 8.53. The van der Waals surface area contributed by atoms with Crippen LogP contribution < -0.4 is 3.61 Å². The monoisotopic (exact) mass is 306 g/mol. The van der Waals surface area contributed by atoms with Gasteiger partial charge in [0.1, 0.15) is 0 Å². The van der Waals surface area contributed by atoms with Gasteiger partial charge in [0, 0.05) is 0 Å². The summed E-state index contributed by atoms with van der Waals surface area (Å²) in [6.07, 6.45) is 4.25. The van der Waals surface area contributed by atoms with Crippen LogP contribution in [0.25, 0.3) is 0 Å². The van der Waals surface area contributed by atoms with Gasteiger partial charge in [-0.1, -0.05) is 0 Å². The molecule has 0 N–H and O–H groups in total. The maximum absolute atomic E-state index is 11.5. The Morgan fingerprint density at radius 3 is 2.57 bits per heavy atom. The fraction of sp³-hybridized carbons (Fsp3) is 0.417. The Bertz CT molecular complexity index is 269. The second kappa shape index (κ2) is 7.04. The standard InChI is InChI=1S/C12H16OTe/c1-2-3-5-10-12(13)14-11-8-6-4-7-9-11/h4,6-9H,2-3,5,10H2,1H3. The number of benzene rings is 1. The molecule has 0 aliphatic heterocycles. The van der Waals surface area contributed by atoms with Crippen molar-refractivity contribution in [1.82, 2.24) is 0 Å². The van der Waals surface area contributed by atoms with E-state index in [1.807, 2.05) is 18.2 Å². The first-order valence-corrected chi connectivity index (χ1v) is 7.41. The molecule has 0 aliphatic rings. The van der Waals surface area contributed by atoms with E-state index in [0.717, 1.165) is 12.8 Å². The predicted molar refractivity (Wildman–Crippen MR) is 61.0 cm³/mol. The van der Waals surface area contributed by atoms with Crippen LogP contribution in [0.5, 0.6) is 0 Å². The Labute approximate surface area is 96.0 Å². The summed E-state index contributed by atoms with van der Waals surface area (Å²) in [5.41, 5.74) is 0. The molecule has 2 heteroatoms. The SMILES string of the molecule is CCCCCC(=O)[Te]c1ccccc1. The summed E-state index contributed by atoms with van der Waals surface area (Å²) in [7, 11) is 0. The van der Waals surface area contributed by atoms with Crippen LogP contribution in [0.1, 0.15) is 32.6 Å². The van der Waals surface area contributed by atoms with Crippen molar-refractivity contribution >= 4 is 28.4 Å². The summed E-state index contributed by atoms with van der Waals surface area (Å²) < 4.78 is 1.76. The maximum atomic E-state index is 11.5. The zero-order chi connectivity index (χ0) is 10.2. The molecular weight excluding hydrogens is 288 g/mol. The van der Waals surface area contributed by atoms with Crippen LogP contribution in [0.15, 0.2) is 30.3 Å². The summed E-state index contributed by atoms with van der Waals surface area (Å²) in [5, 5.41) is 0. The van der Waals surface area contributed by atoms with E-state index in [4.69, 9.17) is 0 Å². The van der Waals surface area contributed by atoms with Gasteiger partial charge in [0.25, 0.3) is 0 Å². The first kappa shape index (κ1) is 11.8. The Hall–Kier alpha value is -0.320. The van der Waals surface area contributed by atoms with Gasteiger partial charge in [0.05, 0.1) is 0 Å². The predicted octanol–water partition coefficient (Wildman–Crippen LogP) is 2.12. The van der Waals surface area contributed by atoms with Gasteiger partial charge >= 0.3 is 96.1 Å². The van der Waals surface area contributed by atoms with E-state index >= 15 is 0 Å². The van der Waals surface area contributed by atoms with E-state index in [2.05, 4.69) is 19.1 Å². The molecule has 0 amide bonds. The van der Waals surface area contributed by atoms with Crippen molar-refractivity contribution in [2.75, 3.05) is 0 Å². The summed E-state index contributed by atoms with van der Waals surface area (Å²) in [5.74, 6) is 0. The number of hydrogen-bond donors (Lipinski definition) is 0. The Morgan fingerprint density at radius 2 is 1.93 bits per heavy atom. The Balaban J connectivity index is 2.27. The van der Waals surface area contributed by atoms with Crippen LogP contribution >= 0.6 is 0 Å². The van der Waals surface area contributed by atoms with Crippen molar-refractivity contribution in [2.45, 2.75) is 32.6 Å². The molecule has 0 saturated carbocycles. The van der Waals surface area contributed by atoms with Gasteiger partial charge in [-0.15, -0.1) is 0 Å². The van der Waals surface area contributed by atoms with Crippen LogP contribution in [0.4, 0.5) is 0 Å². The average molecular weight is 304 g/mol. The van der Waals surface area contributed by atoms with Crippen LogP contribution in [-0.2, 0) is 4.79 Å². The van der Waals surface area contributed by atoms with E-state index in [9.17, 15) is 4.79 Å².